The number of nitro groups is 1. The summed E-state index contributed by atoms with van der Waals surface area (Å²) in [7, 11) is -4.09. The van der Waals surface area contributed by atoms with Gasteiger partial charge >= 0.3 is 0 Å². The van der Waals surface area contributed by atoms with Gasteiger partial charge in [0.05, 0.1) is 9.82 Å². The molecule has 3 N–H and O–H groups in total. The zero-order chi connectivity index (χ0) is 16.5. The number of hydrogen-bond donors (Lipinski definition) is 2. The van der Waals surface area contributed by atoms with Crippen molar-refractivity contribution in [1.82, 2.24) is 4.72 Å². The Bertz CT molecular complexity index is 723. The van der Waals surface area contributed by atoms with E-state index in [1.807, 2.05) is 0 Å². The lowest BCUT2D eigenvalue weighted by molar-refractivity contribution is -0.385. The maximum atomic E-state index is 12.6. The molecule has 1 aromatic carbocycles. The zero-order valence-corrected chi connectivity index (χ0v) is 12.9. The van der Waals surface area contributed by atoms with Gasteiger partial charge in [-0.1, -0.05) is 18.9 Å². The fourth-order valence-electron chi connectivity index (χ4n) is 2.78. The van der Waals surface area contributed by atoms with Crippen LogP contribution in [0.3, 0.4) is 0 Å². The Labute approximate surface area is 127 Å². The van der Waals surface area contributed by atoms with Gasteiger partial charge in [-0.2, -0.15) is 4.72 Å². The van der Waals surface area contributed by atoms with Gasteiger partial charge in [-0.05, 0) is 25.8 Å². The van der Waals surface area contributed by atoms with Crippen LogP contribution in [0.15, 0.2) is 23.1 Å². The van der Waals surface area contributed by atoms with Crippen molar-refractivity contribution in [2.45, 2.75) is 43.0 Å². The van der Waals surface area contributed by atoms with Gasteiger partial charge in [0.1, 0.15) is 5.54 Å². The first-order valence-electron chi connectivity index (χ1n) is 6.77. The Morgan fingerprint density at radius 1 is 1.36 bits per heavy atom. The summed E-state index contributed by atoms with van der Waals surface area (Å²) in [5, 5.41) is 10.9. The molecule has 1 aliphatic rings. The van der Waals surface area contributed by atoms with Crippen LogP contribution in [0.2, 0.25) is 0 Å². The molecule has 0 radical (unpaired) electrons. The van der Waals surface area contributed by atoms with Crippen LogP contribution in [-0.4, -0.2) is 24.8 Å². The summed E-state index contributed by atoms with van der Waals surface area (Å²) >= 11 is 0. The van der Waals surface area contributed by atoms with Gasteiger partial charge in [0.25, 0.3) is 5.69 Å². The first-order chi connectivity index (χ1) is 10.2. The highest BCUT2D eigenvalue weighted by molar-refractivity contribution is 7.89. The lowest BCUT2D eigenvalue weighted by Crippen LogP contribution is -2.55. The maximum absolute atomic E-state index is 12.6. The molecule has 0 bridgehead atoms. The molecule has 0 aromatic heterocycles. The molecule has 120 valence electrons. The Kier molecular flexibility index (Phi) is 4.21. The largest absolute Gasteiger partial charge is 0.368 e. The normalized spacial score (nSPS) is 17.3. The molecule has 1 fully saturated rings. The number of primary amides is 1. The highest BCUT2D eigenvalue weighted by atomic mass is 32.2. The van der Waals surface area contributed by atoms with Gasteiger partial charge in [0.15, 0.2) is 0 Å². The first kappa shape index (κ1) is 16.4. The second kappa shape index (κ2) is 5.65. The molecule has 1 aliphatic carbocycles. The number of benzene rings is 1. The third-order valence-corrected chi connectivity index (χ3v) is 5.68. The van der Waals surface area contributed by atoms with Crippen LogP contribution >= 0.6 is 0 Å². The quantitative estimate of drug-likeness (QED) is 0.614. The summed E-state index contributed by atoms with van der Waals surface area (Å²) in [5.41, 5.74) is 3.79. The average Bonchev–Trinajstić information content (AvgIpc) is 2.87. The predicted octanol–water partition coefficient (Wildman–Crippen LogP) is 0.980. The summed E-state index contributed by atoms with van der Waals surface area (Å²) in [6, 6.07) is 3.80. The number of nitrogens with one attached hydrogen (secondary N) is 1. The molecule has 1 aromatic rings. The third kappa shape index (κ3) is 2.81. The van der Waals surface area contributed by atoms with Crippen molar-refractivity contribution in [1.29, 1.82) is 0 Å². The zero-order valence-electron chi connectivity index (χ0n) is 12.0. The van der Waals surface area contributed by atoms with E-state index in [-0.39, 0.29) is 16.1 Å². The lowest BCUT2D eigenvalue weighted by atomic mass is 9.99. The number of sulfonamides is 1. The fourth-order valence-corrected chi connectivity index (χ4v) is 4.48. The number of amides is 1. The van der Waals surface area contributed by atoms with Crippen LogP contribution in [0.1, 0.15) is 31.2 Å². The fraction of sp³-hybridized carbons (Fsp3) is 0.462. The van der Waals surface area contributed by atoms with Crippen LogP contribution in [0.5, 0.6) is 0 Å². The van der Waals surface area contributed by atoms with Crippen molar-refractivity contribution in [2.24, 2.45) is 5.73 Å². The molecule has 22 heavy (non-hydrogen) atoms. The van der Waals surface area contributed by atoms with E-state index in [9.17, 15) is 23.3 Å². The van der Waals surface area contributed by atoms with Crippen LogP contribution in [0.4, 0.5) is 5.69 Å². The van der Waals surface area contributed by atoms with E-state index in [0.29, 0.717) is 25.7 Å². The van der Waals surface area contributed by atoms with E-state index in [1.165, 1.54) is 25.1 Å². The summed E-state index contributed by atoms with van der Waals surface area (Å²) in [5.74, 6) is -0.725. The molecule has 9 heteroatoms. The Hall–Kier alpha value is -2.00. The minimum atomic E-state index is -4.09. The smallest absolute Gasteiger partial charge is 0.273 e. The molecular weight excluding hydrogens is 310 g/mol. The molecule has 2 rings (SSSR count). The van der Waals surface area contributed by atoms with Crippen molar-refractivity contribution in [3.63, 3.8) is 0 Å². The molecule has 1 saturated carbocycles. The van der Waals surface area contributed by atoms with Gasteiger partial charge in [-0.15, -0.1) is 0 Å². The van der Waals surface area contributed by atoms with Gasteiger partial charge in [-0.25, -0.2) is 8.42 Å². The summed E-state index contributed by atoms with van der Waals surface area (Å²) in [4.78, 5) is 21.8. The Morgan fingerprint density at radius 2 is 1.95 bits per heavy atom. The predicted molar refractivity (Wildman–Crippen MR) is 78.5 cm³/mol. The molecule has 0 aliphatic heterocycles. The standard InChI is InChI=1S/C13H17N3O5S/c1-9-10(16(18)19)5-4-6-11(9)22(20,21)15-13(12(14)17)7-2-3-8-13/h4-6,15H,2-3,7-8H2,1H3,(H2,14,17). The molecule has 8 nitrogen and oxygen atoms in total. The number of carbonyl (C=O) groups is 1. The number of carbonyl (C=O) groups excluding carboxylic acids is 1. The molecule has 0 unspecified atom stereocenters. The van der Waals surface area contributed by atoms with Gasteiger partial charge < -0.3 is 5.73 Å². The Morgan fingerprint density at radius 3 is 2.45 bits per heavy atom. The van der Waals surface area contributed by atoms with Crippen molar-refractivity contribution in [3.05, 3.63) is 33.9 Å². The summed E-state index contributed by atoms with van der Waals surface area (Å²) in [6.07, 6.45) is 2.05. The number of nitrogens with zero attached hydrogens (tertiary/aromatic N) is 1. The van der Waals surface area contributed by atoms with E-state index < -0.39 is 26.4 Å². The number of nitro benzene ring substituents is 1. The van der Waals surface area contributed by atoms with Crippen molar-refractivity contribution in [3.8, 4) is 0 Å². The number of nitrogens with two attached hydrogens (primary N) is 1. The van der Waals surface area contributed by atoms with Crippen molar-refractivity contribution < 1.29 is 18.1 Å². The van der Waals surface area contributed by atoms with E-state index in [0.717, 1.165) is 0 Å². The number of rotatable bonds is 5. The van der Waals surface area contributed by atoms with Crippen LogP contribution in [0, 0.1) is 17.0 Å². The summed E-state index contributed by atoms with van der Waals surface area (Å²) in [6.45, 7) is 1.36. The molecule has 0 saturated heterocycles. The molecule has 0 atom stereocenters. The van der Waals surface area contributed by atoms with Gasteiger partial charge in [0, 0.05) is 11.6 Å². The van der Waals surface area contributed by atoms with Crippen LogP contribution in [0.25, 0.3) is 0 Å². The highest BCUT2D eigenvalue weighted by Crippen LogP contribution is 2.32. The minimum absolute atomic E-state index is 0.0256. The van der Waals surface area contributed by atoms with Crippen LogP contribution < -0.4 is 10.5 Å². The summed E-state index contributed by atoms with van der Waals surface area (Å²) < 4.78 is 27.5. The monoisotopic (exact) mass is 327 g/mol. The van der Waals surface area contributed by atoms with E-state index in [4.69, 9.17) is 5.73 Å². The topological polar surface area (TPSA) is 132 Å². The molecule has 0 spiro atoms. The minimum Gasteiger partial charge on any atom is -0.368 e. The number of hydrogen-bond acceptors (Lipinski definition) is 5. The average molecular weight is 327 g/mol. The molecule has 1 amide bonds. The highest BCUT2D eigenvalue weighted by Gasteiger charge is 2.43. The SMILES string of the molecule is Cc1c([N+](=O)[O-])cccc1S(=O)(=O)NC1(C(N)=O)CCCC1. The molecular formula is C13H17N3O5S. The van der Waals surface area contributed by atoms with Crippen molar-refractivity contribution >= 4 is 21.6 Å². The van der Waals surface area contributed by atoms with Gasteiger partial charge in [0.2, 0.25) is 15.9 Å². The maximum Gasteiger partial charge on any atom is 0.273 e. The molecule has 0 heterocycles. The first-order valence-corrected chi connectivity index (χ1v) is 8.26. The second-order valence-corrected chi connectivity index (χ2v) is 7.07. The third-order valence-electron chi connectivity index (χ3n) is 4.00. The van der Waals surface area contributed by atoms with Crippen molar-refractivity contribution in [2.75, 3.05) is 0 Å². The second-order valence-electron chi connectivity index (χ2n) is 5.42. The lowest BCUT2D eigenvalue weighted by Gasteiger charge is -2.26. The van der Waals surface area contributed by atoms with Gasteiger partial charge in [-0.3, -0.25) is 14.9 Å². The van der Waals surface area contributed by atoms with E-state index in [1.54, 1.807) is 0 Å². The van der Waals surface area contributed by atoms with E-state index in [2.05, 4.69) is 4.72 Å². The Balaban J connectivity index is 2.45. The van der Waals surface area contributed by atoms with E-state index >= 15 is 0 Å². The van der Waals surface area contributed by atoms with Crippen LogP contribution in [-0.2, 0) is 14.8 Å².